The van der Waals surface area contributed by atoms with E-state index in [4.69, 9.17) is 4.74 Å². The maximum Gasteiger partial charge on any atom is 0.147 e. The normalized spacial score (nSPS) is 10.8. The number of nitrogens with zero attached hydrogens (tertiary/aromatic N) is 3. The summed E-state index contributed by atoms with van der Waals surface area (Å²) >= 11 is 0. The lowest BCUT2D eigenvalue weighted by Crippen LogP contribution is -2.01. The van der Waals surface area contributed by atoms with E-state index < -0.39 is 0 Å². The Balaban J connectivity index is 1.63. The fourth-order valence-corrected chi connectivity index (χ4v) is 3.12. The van der Waals surface area contributed by atoms with Crippen molar-refractivity contribution >= 4 is 16.6 Å². The van der Waals surface area contributed by atoms with Gasteiger partial charge in [-0.15, -0.1) is 0 Å². The molecule has 0 fully saturated rings. The van der Waals surface area contributed by atoms with Crippen LogP contribution in [0.15, 0.2) is 67.0 Å². The molecule has 130 valence electrons. The minimum Gasteiger partial charge on any atom is -0.494 e. The van der Waals surface area contributed by atoms with Crippen molar-refractivity contribution in [3.63, 3.8) is 0 Å². The number of rotatable bonds is 5. The molecule has 5 heteroatoms. The van der Waals surface area contributed by atoms with Gasteiger partial charge >= 0.3 is 0 Å². The van der Waals surface area contributed by atoms with Crippen molar-refractivity contribution in [3.05, 3.63) is 72.6 Å². The van der Waals surface area contributed by atoms with Crippen LogP contribution in [-0.2, 0) is 13.6 Å². The summed E-state index contributed by atoms with van der Waals surface area (Å²) in [5.41, 5.74) is 5.11. The third-order valence-electron chi connectivity index (χ3n) is 4.32. The highest BCUT2D eigenvalue weighted by molar-refractivity contribution is 5.88. The summed E-state index contributed by atoms with van der Waals surface area (Å²) in [5.74, 6) is 0.764. The van der Waals surface area contributed by atoms with E-state index in [1.807, 2.05) is 48.1 Å². The van der Waals surface area contributed by atoms with Crippen LogP contribution in [0.5, 0.6) is 5.75 Å². The van der Waals surface area contributed by atoms with E-state index in [0.717, 1.165) is 39.2 Å². The van der Waals surface area contributed by atoms with Gasteiger partial charge < -0.3 is 10.1 Å². The second-order valence-electron chi connectivity index (χ2n) is 6.15. The number of aromatic nitrogens is 3. The fraction of sp³-hybridized carbons (Fsp3) is 0.143. The minimum atomic E-state index is 0.674. The molecule has 0 unspecified atom stereocenters. The first kappa shape index (κ1) is 16.1. The minimum absolute atomic E-state index is 0.674. The Bertz CT molecular complexity index is 1040. The van der Waals surface area contributed by atoms with Crippen LogP contribution in [0.2, 0.25) is 0 Å². The molecule has 4 rings (SSSR count). The summed E-state index contributed by atoms with van der Waals surface area (Å²) in [6.45, 7) is 0.674. The average molecular weight is 344 g/mol. The molecule has 2 aromatic carbocycles. The number of nitrogens with one attached hydrogen (secondary N) is 1. The molecule has 2 heterocycles. The van der Waals surface area contributed by atoms with Gasteiger partial charge in [-0.05, 0) is 12.1 Å². The third kappa shape index (κ3) is 3.11. The van der Waals surface area contributed by atoms with Crippen molar-refractivity contribution in [2.24, 2.45) is 7.05 Å². The highest BCUT2D eigenvalue weighted by Crippen LogP contribution is 2.29. The molecule has 2 aromatic heterocycles. The van der Waals surface area contributed by atoms with E-state index in [0.29, 0.717) is 6.54 Å². The molecular weight excluding hydrogens is 324 g/mol. The second-order valence-corrected chi connectivity index (χ2v) is 6.15. The van der Waals surface area contributed by atoms with Gasteiger partial charge in [-0.3, -0.25) is 9.67 Å². The van der Waals surface area contributed by atoms with Crippen LogP contribution in [-0.4, -0.2) is 21.9 Å². The lowest BCUT2D eigenvalue weighted by Gasteiger charge is -2.11. The largest absolute Gasteiger partial charge is 0.494 e. The van der Waals surface area contributed by atoms with Gasteiger partial charge in [-0.2, -0.15) is 5.10 Å². The maximum atomic E-state index is 5.50. The molecule has 0 saturated heterocycles. The van der Waals surface area contributed by atoms with Crippen molar-refractivity contribution < 1.29 is 4.74 Å². The summed E-state index contributed by atoms with van der Waals surface area (Å²) in [4.78, 5) is 4.40. The number of hydrogen-bond donors (Lipinski definition) is 1. The zero-order valence-electron chi connectivity index (χ0n) is 14.8. The van der Waals surface area contributed by atoms with Gasteiger partial charge in [0.2, 0.25) is 0 Å². The Morgan fingerprint density at radius 1 is 1.08 bits per heavy atom. The average Bonchev–Trinajstić information content (AvgIpc) is 3.07. The summed E-state index contributed by atoms with van der Waals surface area (Å²) < 4.78 is 7.35. The second kappa shape index (κ2) is 6.88. The molecule has 4 aromatic rings. The SMILES string of the molecule is COc1cc(NCc2cn(C)nc2-c2ccccc2)cc2cccnc12. The zero-order valence-corrected chi connectivity index (χ0v) is 14.8. The third-order valence-corrected chi connectivity index (χ3v) is 4.32. The van der Waals surface area contributed by atoms with Gasteiger partial charge in [-0.25, -0.2) is 0 Å². The van der Waals surface area contributed by atoms with Crippen molar-refractivity contribution in [1.82, 2.24) is 14.8 Å². The number of pyridine rings is 1. The molecular formula is C21H20N4O. The molecule has 0 spiro atoms. The lowest BCUT2D eigenvalue weighted by molar-refractivity contribution is 0.419. The number of benzene rings is 2. The molecule has 0 radical (unpaired) electrons. The molecule has 0 bridgehead atoms. The number of methoxy groups -OCH3 is 1. The van der Waals surface area contributed by atoms with Crippen molar-refractivity contribution in [1.29, 1.82) is 0 Å². The number of aryl methyl sites for hydroxylation is 1. The van der Waals surface area contributed by atoms with E-state index >= 15 is 0 Å². The predicted octanol–water partition coefficient (Wildman–Crippen LogP) is 4.26. The van der Waals surface area contributed by atoms with Gasteiger partial charge in [0.25, 0.3) is 0 Å². The number of ether oxygens (including phenoxy) is 1. The van der Waals surface area contributed by atoms with Crippen LogP contribution in [0, 0.1) is 0 Å². The summed E-state index contributed by atoms with van der Waals surface area (Å²) in [7, 11) is 3.61. The van der Waals surface area contributed by atoms with E-state index in [-0.39, 0.29) is 0 Å². The Morgan fingerprint density at radius 3 is 2.73 bits per heavy atom. The standard InChI is InChI=1S/C21H20N4O/c1-25-14-17(20(24-25)15-7-4-3-5-8-15)13-23-18-11-16-9-6-10-22-21(16)19(12-18)26-2/h3-12,14,23H,13H2,1-2H3. The van der Waals surface area contributed by atoms with Crippen LogP contribution < -0.4 is 10.1 Å². The van der Waals surface area contributed by atoms with Gasteiger partial charge in [0, 0.05) is 54.3 Å². The first-order valence-electron chi connectivity index (χ1n) is 8.49. The van der Waals surface area contributed by atoms with Crippen molar-refractivity contribution in [3.8, 4) is 17.0 Å². The summed E-state index contributed by atoms with van der Waals surface area (Å²) in [6, 6.07) is 18.3. The smallest absolute Gasteiger partial charge is 0.147 e. The molecule has 0 saturated carbocycles. The van der Waals surface area contributed by atoms with Crippen LogP contribution in [0.1, 0.15) is 5.56 Å². The lowest BCUT2D eigenvalue weighted by atomic mass is 10.1. The Kier molecular flexibility index (Phi) is 4.27. The summed E-state index contributed by atoms with van der Waals surface area (Å²) in [6.07, 6.45) is 3.83. The van der Waals surface area contributed by atoms with E-state index in [2.05, 4.69) is 39.8 Å². The van der Waals surface area contributed by atoms with Crippen LogP contribution in [0.4, 0.5) is 5.69 Å². The summed E-state index contributed by atoms with van der Waals surface area (Å²) in [5, 5.41) is 9.15. The number of anilines is 1. The van der Waals surface area contributed by atoms with E-state index in [1.165, 1.54) is 0 Å². The Hall–Kier alpha value is -3.34. The Labute approximate surface area is 152 Å². The quantitative estimate of drug-likeness (QED) is 0.588. The zero-order chi connectivity index (χ0) is 17.9. The highest BCUT2D eigenvalue weighted by Gasteiger charge is 2.11. The molecule has 0 amide bonds. The van der Waals surface area contributed by atoms with Crippen LogP contribution >= 0.6 is 0 Å². The van der Waals surface area contributed by atoms with Crippen molar-refractivity contribution in [2.75, 3.05) is 12.4 Å². The Morgan fingerprint density at radius 2 is 1.92 bits per heavy atom. The molecule has 0 aliphatic carbocycles. The van der Waals surface area contributed by atoms with Gasteiger partial charge in [0.1, 0.15) is 11.3 Å². The van der Waals surface area contributed by atoms with Gasteiger partial charge in [-0.1, -0.05) is 36.4 Å². The first-order chi connectivity index (χ1) is 12.7. The van der Waals surface area contributed by atoms with E-state index in [1.54, 1.807) is 13.3 Å². The van der Waals surface area contributed by atoms with Crippen LogP contribution in [0.25, 0.3) is 22.2 Å². The predicted molar refractivity (Wildman–Crippen MR) is 104 cm³/mol. The van der Waals surface area contributed by atoms with E-state index in [9.17, 15) is 0 Å². The topological polar surface area (TPSA) is 52.0 Å². The van der Waals surface area contributed by atoms with Gasteiger partial charge in [0.15, 0.2) is 0 Å². The van der Waals surface area contributed by atoms with Crippen LogP contribution in [0.3, 0.4) is 0 Å². The van der Waals surface area contributed by atoms with Gasteiger partial charge in [0.05, 0.1) is 12.8 Å². The molecule has 0 aliphatic heterocycles. The molecule has 0 atom stereocenters. The molecule has 0 aliphatic rings. The molecule has 26 heavy (non-hydrogen) atoms. The molecule has 1 N–H and O–H groups in total. The molecule has 5 nitrogen and oxygen atoms in total. The highest BCUT2D eigenvalue weighted by atomic mass is 16.5. The number of hydrogen-bond acceptors (Lipinski definition) is 4. The fourth-order valence-electron chi connectivity index (χ4n) is 3.12. The van der Waals surface area contributed by atoms with Crippen molar-refractivity contribution in [2.45, 2.75) is 6.54 Å². The monoisotopic (exact) mass is 344 g/mol. The number of fused-ring (bicyclic) bond motifs is 1. The first-order valence-corrected chi connectivity index (χ1v) is 8.49. The maximum absolute atomic E-state index is 5.50.